The van der Waals surface area contributed by atoms with Crippen LogP contribution in [0.3, 0.4) is 0 Å². The highest BCUT2D eigenvalue weighted by molar-refractivity contribution is 9.10. The van der Waals surface area contributed by atoms with Crippen molar-refractivity contribution in [2.24, 2.45) is 0 Å². The third-order valence-electron chi connectivity index (χ3n) is 0.920. The number of pyridine rings is 1. The molecule has 3 heteroatoms. The predicted octanol–water partition coefficient (Wildman–Crippen LogP) is 2.22. The van der Waals surface area contributed by atoms with Crippen LogP contribution in [0, 0.1) is 13.5 Å². The number of hydrogen-bond donors (Lipinski definition) is 0. The van der Waals surface area contributed by atoms with Crippen LogP contribution < -0.4 is 4.74 Å². The highest BCUT2D eigenvalue weighted by Gasteiger charge is 1.97. The number of rotatable bonds is 2. The highest BCUT2D eigenvalue weighted by Crippen LogP contribution is 2.20. The lowest BCUT2D eigenvalue weighted by atomic mass is 10.5. The van der Waals surface area contributed by atoms with Gasteiger partial charge < -0.3 is 4.74 Å². The van der Waals surface area contributed by atoms with Crippen molar-refractivity contribution in [1.82, 2.24) is 4.98 Å². The molecule has 1 rings (SSSR count). The Kier molecular flexibility index (Phi) is 2.68. The summed E-state index contributed by atoms with van der Waals surface area (Å²) in [5, 5.41) is 0. The quantitative estimate of drug-likeness (QED) is 0.730. The van der Waals surface area contributed by atoms with E-state index in [2.05, 4.69) is 27.8 Å². The molecule has 0 N–H and O–H groups in total. The van der Waals surface area contributed by atoms with Gasteiger partial charge in [-0.15, -0.1) is 0 Å². The van der Waals surface area contributed by atoms with E-state index in [0.717, 1.165) is 4.47 Å². The number of hydrogen-bond acceptors (Lipinski definition) is 2. The molecule has 0 aliphatic rings. The first-order valence-corrected chi connectivity index (χ1v) is 3.52. The van der Waals surface area contributed by atoms with Crippen LogP contribution in [0.15, 0.2) is 22.8 Å². The maximum absolute atomic E-state index is 4.94. The van der Waals surface area contributed by atoms with Gasteiger partial charge in [-0.1, -0.05) is 0 Å². The molecule has 0 aromatic carbocycles. The van der Waals surface area contributed by atoms with Crippen molar-refractivity contribution in [2.45, 2.75) is 0 Å². The van der Waals surface area contributed by atoms with E-state index in [1.807, 2.05) is 12.1 Å². The molecule has 1 heterocycles. The van der Waals surface area contributed by atoms with Gasteiger partial charge in [0.1, 0.15) is 6.61 Å². The third kappa shape index (κ3) is 1.70. The van der Waals surface area contributed by atoms with Crippen LogP contribution in [0.2, 0.25) is 0 Å². The first-order valence-electron chi connectivity index (χ1n) is 2.72. The molecule has 0 aliphatic carbocycles. The monoisotopic (exact) mass is 199 g/mol. The zero-order valence-electron chi connectivity index (χ0n) is 5.25. The molecule has 0 bridgehead atoms. The summed E-state index contributed by atoms with van der Waals surface area (Å²) in [4.78, 5) is 3.93. The summed E-state index contributed by atoms with van der Waals surface area (Å²) < 4.78 is 5.77. The fourth-order valence-corrected chi connectivity index (χ4v) is 0.885. The van der Waals surface area contributed by atoms with E-state index in [4.69, 9.17) is 4.74 Å². The number of nitrogens with zero attached hydrogens (tertiary/aromatic N) is 1. The van der Waals surface area contributed by atoms with Gasteiger partial charge in [0.05, 0.1) is 4.47 Å². The van der Waals surface area contributed by atoms with Crippen LogP contribution in [-0.2, 0) is 0 Å². The van der Waals surface area contributed by atoms with Gasteiger partial charge >= 0.3 is 0 Å². The van der Waals surface area contributed by atoms with E-state index in [0.29, 0.717) is 5.88 Å². The smallest absolute Gasteiger partial charge is 0.228 e. The molecule has 0 atom stereocenters. The molecule has 0 saturated carbocycles. The van der Waals surface area contributed by atoms with Crippen molar-refractivity contribution in [3.8, 4) is 5.88 Å². The largest absolute Gasteiger partial charge is 0.470 e. The lowest BCUT2D eigenvalue weighted by Gasteiger charge is -2.00. The Morgan fingerprint density at radius 1 is 1.70 bits per heavy atom. The van der Waals surface area contributed by atoms with Crippen LogP contribution in [0.4, 0.5) is 0 Å². The predicted molar refractivity (Wildman–Crippen MR) is 42.2 cm³/mol. The molecular formula is C7H6BrNO. The van der Waals surface area contributed by atoms with Crippen LogP contribution >= 0.6 is 15.9 Å². The Morgan fingerprint density at radius 3 is 3.10 bits per heavy atom. The Bertz CT molecular complexity index is 215. The van der Waals surface area contributed by atoms with Gasteiger partial charge in [0.15, 0.2) is 0 Å². The van der Waals surface area contributed by atoms with E-state index < -0.39 is 0 Å². The van der Waals surface area contributed by atoms with Crippen molar-refractivity contribution < 1.29 is 4.74 Å². The standard InChI is InChI=1S/C7H6BrNO/c1-2-10-7-6(8)4-3-5-9-7/h2-5H,1H2. The zero-order valence-corrected chi connectivity index (χ0v) is 6.84. The van der Waals surface area contributed by atoms with Crippen LogP contribution in [0.25, 0.3) is 0 Å². The van der Waals surface area contributed by atoms with E-state index in [9.17, 15) is 0 Å². The molecule has 0 aliphatic heterocycles. The first kappa shape index (κ1) is 7.54. The Morgan fingerprint density at radius 2 is 2.50 bits per heavy atom. The van der Waals surface area contributed by atoms with Crippen LogP contribution in [0.1, 0.15) is 0 Å². The van der Waals surface area contributed by atoms with Crippen LogP contribution in [0.5, 0.6) is 5.88 Å². The molecule has 10 heavy (non-hydrogen) atoms. The molecular weight excluding hydrogens is 194 g/mol. The van der Waals surface area contributed by atoms with Gasteiger partial charge in [0.25, 0.3) is 0 Å². The molecule has 0 amide bonds. The summed E-state index contributed by atoms with van der Waals surface area (Å²) in [6, 6.07) is 3.67. The zero-order chi connectivity index (χ0) is 7.40. The fraction of sp³-hybridized carbons (Fsp3) is 0. The van der Waals surface area contributed by atoms with Crippen molar-refractivity contribution in [2.75, 3.05) is 0 Å². The lowest BCUT2D eigenvalue weighted by Crippen LogP contribution is -1.89. The van der Waals surface area contributed by atoms with E-state index in [1.165, 1.54) is 6.61 Å². The first-order chi connectivity index (χ1) is 4.84. The van der Waals surface area contributed by atoms with Crippen LogP contribution in [-0.4, -0.2) is 4.98 Å². The molecule has 0 saturated heterocycles. The number of aromatic nitrogens is 1. The summed E-state index contributed by atoms with van der Waals surface area (Å²) in [6.45, 7) is 4.75. The average molecular weight is 200 g/mol. The molecule has 0 fully saturated rings. The second-order valence-electron chi connectivity index (χ2n) is 1.57. The van der Waals surface area contributed by atoms with Gasteiger partial charge in [-0.05, 0) is 35.0 Å². The Labute approximate surface area is 68.4 Å². The average Bonchev–Trinajstić information content (AvgIpc) is 1.94. The van der Waals surface area contributed by atoms with Gasteiger partial charge in [0.2, 0.25) is 5.88 Å². The number of ether oxygens (including phenoxy) is 1. The molecule has 52 valence electrons. The molecule has 1 aromatic heterocycles. The SMILES string of the molecule is [CH2][CH]Oc1ncccc1Br. The fourth-order valence-electron chi connectivity index (χ4n) is 0.537. The minimum absolute atomic E-state index is 0.539. The summed E-state index contributed by atoms with van der Waals surface area (Å²) in [7, 11) is 0. The summed E-state index contributed by atoms with van der Waals surface area (Å²) in [5.74, 6) is 0.539. The normalized spacial score (nSPS) is 9.40. The minimum atomic E-state index is 0.539. The second-order valence-corrected chi connectivity index (χ2v) is 2.43. The Hall–Kier alpha value is -0.570. The lowest BCUT2D eigenvalue weighted by molar-refractivity contribution is 0.412. The van der Waals surface area contributed by atoms with Gasteiger partial charge in [-0.3, -0.25) is 0 Å². The van der Waals surface area contributed by atoms with E-state index in [1.54, 1.807) is 6.20 Å². The highest BCUT2D eigenvalue weighted by atomic mass is 79.9. The van der Waals surface area contributed by atoms with Gasteiger partial charge in [0, 0.05) is 6.20 Å². The van der Waals surface area contributed by atoms with Gasteiger partial charge in [-0.2, -0.15) is 0 Å². The number of halogens is 1. The van der Waals surface area contributed by atoms with E-state index in [-0.39, 0.29) is 0 Å². The molecule has 1 aromatic rings. The summed E-state index contributed by atoms with van der Waals surface area (Å²) in [6.07, 6.45) is 1.66. The second kappa shape index (κ2) is 3.56. The molecule has 2 radical (unpaired) electrons. The van der Waals surface area contributed by atoms with Crippen molar-refractivity contribution >= 4 is 15.9 Å². The van der Waals surface area contributed by atoms with E-state index >= 15 is 0 Å². The maximum atomic E-state index is 4.94. The molecule has 2 nitrogen and oxygen atoms in total. The summed E-state index contributed by atoms with van der Waals surface area (Å²) >= 11 is 3.26. The maximum Gasteiger partial charge on any atom is 0.228 e. The van der Waals surface area contributed by atoms with Gasteiger partial charge in [-0.25, -0.2) is 4.98 Å². The third-order valence-corrected chi connectivity index (χ3v) is 1.52. The van der Waals surface area contributed by atoms with Crippen molar-refractivity contribution in [1.29, 1.82) is 0 Å². The van der Waals surface area contributed by atoms with Crippen molar-refractivity contribution in [3.05, 3.63) is 36.3 Å². The Balaban J connectivity index is 2.81. The molecule has 0 spiro atoms. The minimum Gasteiger partial charge on any atom is -0.470 e. The van der Waals surface area contributed by atoms with Crippen molar-refractivity contribution in [3.63, 3.8) is 0 Å². The topological polar surface area (TPSA) is 22.1 Å². The molecule has 0 unspecified atom stereocenters. The summed E-state index contributed by atoms with van der Waals surface area (Å²) in [5.41, 5.74) is 0.